The molecule has 0 unspecified atom stereocenters. The van der Waals surface area contributed by atoms with Gasteiger partial charge in [-0.15, -0.1) is 0 Å². The Bertz CT molecular complexity index is 1130. The van der Waals surface area contributed by atoms with E-state index in [9.17, 15) is 0 Å². The van der Waals surface area contributed by atoms with E-state index < -0.39 is 0 Å². The molecule has 0 radical (unpaired) electrons. The summed E-state index contributed by atoms with van der Waals surface area (Å²) < 4.78 is 22.8. The van der Waals surface area contributed by atoms with E-state index in [1.54, 1.807) is 14.2 Å². The van der Waals surface area contributed by atoms with Crippen molar-refractivity contribution in [3.05, 3.63) is 89.5 Å². The van der Waals surface area contributed by atoms with Gasteiger partial charge in [0.25, 0.3) is 0 Å². The van der Waals surface area contributed by atoms with Crippen LogP contribution in [0.5, 0.6) is 23.0 Å². The quantitative estimate of drug-likeness (QED) is 0.588. The third-order valence-corrected chi connectivity index (χ3v) is 5.78. The third kappa shape index (κ3) is 3.63. The van der Waals surface area contributed by atoms with E-state index in [-0.39, 0.29) is 12.3 Å². The SMILES string of the molecule is CCOc1ccc([C@@H]2Oc3ccc(OC)cc3[C@@H]3C=C(c4ccc(OC)cc4)NN32)cc1. The Morgan fingerprint density at radius 1 is 0.875 bits per heavy atom. The molecule has 2 heterocycles. The molecule has 0 spiro atoms. The summed E-state index contributed by atoms with van der Waals surface area (Å²) in [5.41, 5.74) is 7.77. The average Bonchev–Trinajstić information content (AvgIpc) is 3.30. The zero-order valence-corrected chi connectivity index (χ0v) is 18.4. The third-order valence-electron chi connectivity index (χ3n) is 5.78. The molecule has 0 aromatic heterocycles. The number of hydrogen-bond acceptors (Lipinski definition) is 6. The summed E-state index contributed by atoms with van der Waals surface area (Å²) >= 11 is 0. The van der Waals surface area contributed by atoms with E-state index in [4.69, 9.17) is 18.9 Å². The lowest BCUT2D eigenvalue weighted by Crippen LogP contribution is -2.43. The van der Waals surface area contributed by atoms with Crippen LogP contribution in [0.25, 0.3) is 5.70 Å². The maximum atomic E-state index is 6.47. The highest BCUT2D eigenvalue weighted by atomic mass is 16.5. The molecule has 32 heavy (non-hydrogen) atoms. The predicted octanol–water partition coefficient (Wildman–Crippen LogP) is 5.10. The molecule has 2 aliphatic heterocycles. The molecule has 164 valence electrons. The molecule has 0 fully saturated rings. The fourth-order valence-corrected chi connectivity index (χ4v) is 4.15. The molecule has 2 atom stereocenters. The first-order valence-corrected chi connectivity index (χ1v) is 10.7. The molecule has 0 aliphatic carbocycles. The lowest BCUT2D eigenvalue weighted by molar-refractivity contribution is -0.0327. The topological polar surface area (TPSA) is 52.2 Å². The highest BCUT2D eigenvalue weighted by molar-refractivity contribution is 5.68. The second kappa shape index (κ2) is 8.48. The first-order chi connectivity index (χ1) is 15.7. The van der Waals surface area contributed by atoms with Crippen molar-refractivity contribution in [2.75, 3.05) is 20.8 Å². The minimum absolute atomic E-state index is 0.0116. The van der Waals surface area contributed by atoms with Crippen LogP contribution in [0.4, 0.5) is 0 Å². The van der Waals surface area contributed by atoms with Crippen LogP contribution < -0.4 is 24.4 Å². The van der Waals surface area contributed by atoms with Gasteiger partial charge < -0.3 is 24.4 Å². The van der Waals surface area contributed by atoms with Crippen LogP contribution in [0.3, 0.4) is 0 Å². The van der Waals surface area contributed by atoms with Crippen LogP contribution in [-0.4, -0.2) is 25.8 Å². The van der Waals surface area contributed by atoms with Gasteiger partial charge >= 0.3 is 0 Å². The number of fused-ring (bicyclic) bond motifs is 3. The fourth-order valence-electron chi connectivity index (χ4n) is 4.15. The second-order valence-corrected chi connectivity index (χ2v) is 7.65. The maximum Gasteiger partial charge on any atom is 0.195 e. The number of hydrogen-bond donors (Lipinski definition) is 1. The monoisotopic (exact) mass is 430 g/mol. The largest absolute Gasteiger partial charge is 0.497 e. The second-order valence-electron chi connectivity index (χ2n) is 7.65. The molecule has 3 aromatic carbocycles. The smallest absolute Gasteiger partial charge is 0.195 e. The minimum Gasteiger partial charge on any atom is -0.497 e. The van der Waals surface area contributed by atoms with Gasteiger partial charge in [0.15, 0.2) is 6.23 Å². The van der Waals surface area contributed by atoms with E-state index in [1.807, 2.05) is 61.5 Å². The van der Waals surface area contributed by atoms with E-state index in [2.05, 4.69) is 28.6 Å². The lowest BCUT2D eigenvalue weighted by atomic mass is 10.0. The molecule has 0 saturated carbocycles. The summed E-state index contributed by atoms with van der Waals surface area (Å²) in [6.45, 7) is 2.62. The van der Waals surface area contributed by atoms with Gasteiger partial charge in [0.1, 0.15) is 23.0 Å². The standard InChI is InChI=1S/C26H26N2O4/c1-4-31-20-11-7-18(8-12-20)26-28-24(22-15-21(30-3)13-14-25(22)32-26)16-23(27-28)17-5-9-19(29-2)10-6-17/h5-16,24,26-27H,4H2,1-3H3/t24-,26-/m0/s1. The van der Waals surface area contributed by atoms with Gasteiger partial charge in [0.05, 0.1) is 32.6 Å². The Kier molecular flexibility index (Phi) is 5.37. The number of methoxy groups -OCH3 is 2. The van der Waals surface area contributed by atoms with Crippen LogP contribution in [-0.2, 0) is 0 Å². The number of benzene rings is 3. The predicted molar refractivity (Wildman–Crippen MR) is 123 cm³/mol. The van der Waals surface area contributed by atoms with Crippen molar-refractivity contribution in [2.45, 2.75) is 19.2 Å². The molecule has 0 amide bonds. The van der Waals surface area contributed by atoms with Crippen molar-refractivity contribution in [3.8, 4) is 23.0 Å². The normalized spacial score (nSPS) is 19.2. The fraction of sp³-hybridized carbons (Fsp3) is 0.231. The van der Waals surface area contributed by atoms with Gasteiger partial charge in [-0.05, 0) is 73.2 Å². The molecule has 3 aromatic rings. The number of nitrogens with zero attached hydrogens (tertiary/aromatic N) is 1. The summed E-state index contributed by atoms with van der Waals surface area (Å²) in [6.07, 6.45) is 1.92. The van der Waals surface area contributed by atoms with Crippen molar-refractivity contribution < 1.29 is 18.9 Å². The van der Waals surface area contributed by atoms with Crippen LogP contribution in [0.2, 0.25) is 0 Å². The Hall–Kier alpha value is -3.64. The molecule has 0 saturated heterocycles. The van der Waals surface area contributed by atoms with Crippen molar-refractivity contribution in [1.82, 2.24) is 10.4 Å². The molecule has 0 bridgehead atoms. The Balaban J connectivity index is 1.53. The minimum atomic E-state index is -0.302. The highest BCUT2D eigenvalue weighted by Gasteiger charge is 2.40. The van der Waals surface area contributed by atoms with Crippen molar-refractivity contribution in [3.63, 3.8) is 0 Å². The summed E-state index contributed by atoms with van der Waals surface area (Å²) in [5.74, 6) is 3.33. The van der Waals surface area contributed by atoms with Crippen LogP contribution in [0.1, 0.15) is 35.9 Å². The van der Waals surface area contributed by atoms with Crippen molar-refractivity contribution >= 4 is 5.70 Å². The Morgan fingerprint density at radius 2 is 1.56 bits per heavy atom. The number of nitrogens with one attached hydrogen (secondary N) is 1. The van der Waals surface area contributed by atoms with Gasteiger partial charge in [-0.2, -0.15) is 5.01 Å². The van der Waals surface area contributed by atoms with Gasteiger partial charge in [0, 0.05) is 11.1 Å². The summed E-state index contributed by atoms with van der Waals surface area (Å²) in [7, 11) is 3.35. The van der Waals surface area contributed by atoms with Gasteiger partial charge in [-0.1, -0.05) is 12.1 Å². The molecule has 6 heteroatoms. The van der Waals surface area contributed by atoms with Crippen LogP contribution in [0, 0.1) is 0 Å². The zero-order chi connectivity index (χ0) is 22.1. The Morgan fingerprint density at radius 3 is 2.25 bits per heavy atom. The number of rotatable bonds is 6. The van der Waals surface area contributed by atoms with E-state index >= 15 is 0 Å². The first kappa shape index (κ1) is 20.3. The first-order valence-electron chi connectivity index (χ1n) is 10.7. The van der Waals surface area contributed by atoms with Crippen molar-refractivity contribution in [1.29, 1.82) is 0 Å². The molecule has 1 N–H and O–H groups in total. The van der Waals surface area contributed by atoms with E-state index in [0.717, 1.165) is 45.4 Å². The maximum absolute atomic E-state index is 6.47. The van der Waals surface area contributed by atoms with E-state index in [0.29, 0.717) is 6.61 Å². The number of ether oxygens (including phenoxy) is 4. The van der Waals surface area contributed by atoms with Gasteiger partial charge in [0.2, 0.25) is 0 Å². The van der Waals surface area contributed by atoms with Gasteiger partial charge in [-0.3, -0.25) is 0 Å². The lowest BCUT2D eigenvalue weighted by Gasteiger charge is -2.39. The Labute approximate surface area is 187 Å². The highest BCUT2D eigenvalue weighted by Crippen LogP contribution is 2.47. The summed E-state index contributed by atoms with van der Waals surface area (Å²) in [5, 5.41) is 2.14. The molecule has 2 aliphatic rings. The van der Waals surface area contributed by atoms with E-state index in [1.165, 1.54) is 0 Å². The van der Waals surface area contributed by atoms with Gasteiger partial charge in [-0.25, -0.2) is 0 Å². The van der Waals surface area contributed by atoms with Crippen LogP contribution in [0.15, 0.2) is 72.8 Å². The summed E-state index contributed by atoms with van der Waals surface area (Å²) in [4.78, 5) is 0. The molecule has 6 nitrogen and oxygen atoms in total. The summed E-state index contributed by atoms with van der Waals surface area (Å²) in [6, 6.07) is 22.0. The average molecular weight is 431 g/mol. The van der Waals surface area contributed by atoms with Crippen molar-refractivity contribution in [2.24, 2.45) is 0 Å². The molecular weight excluding hydrogens is 404 g/mol. The molecular formula is C26H26N2O4. The van der Waals surface area contributed by atoms with Crippen LogP contribution >= 0.6 is 0 Å². The molecule has 5 rings (SSSR count). The number of hydrazine groups is 1. The zero-order valence-electron chi connectivity index (χ0n) is 18.4.